The molecule has 4 nitrogen and oxygen atoms in total. The number of nitrogens with two attached hydrogens (primary N) is 1. The molecule has 0 aromatic carbocycles. The van der Waals surface area contributed by atoms with E-state index in [1.54, 1.807) is 0 Å². The van der Waals surface area contributed by atoms with Gasteiger partial charge in [-0.15, -0.1) is 11.6 Å². The number of aliphatic hydroxyl groups excluding tert-OH is 1. The van der Waals surface area contributed by atoms with Crippen LogP contribution in [0.2, 0.25) is 0 Å². The van der Waals surface area contributed by atoms with E-state index in [1.165, 1.54) is 0 Å². The van der Waals surface area contributed by atoms with E-state index in [2.05, 4.69) is 5.32 Å². The van der Waals surface area contributed by atoms with Gasteiger partial charge in [0.2, 0.25) is 0 Å². The minimum Gasteiger partial charge on any atom is -0.394 e. The van der Waals surface area contributed by atoms with Crippen LogP contribution in [0.1, 0.15) is 6.42 Å². The third-order valence-electron chi connectivity index (χ3n) is 1.02. The molecule has 1 unspecified atom stereocenters. The minimum atomic E-state index is -0.635. The molecular formula is C5H11ClN2O2. The lowest BCUT2D eigenvalue weighted by atomic mass is 10.2. The lowest BCUT2D eigenvalue weighted by Gasteiger charge is -2.11. The third-order valence-corrected chi connectivity index (χ3v) is 1.24. The van der Waals surface area contributed by atoms with Gasteiger partial charge in [-0.3, -0.25) is 0 Å². The van der Waals surface area contributed by atoms with E-state index < -0.39 is 6.03 Å². The molecule has 0 aliphatic carbocycles. The van der Waals surface area contributed by atoms with Crippen molar-refractivity contribution in [2.45, 2.75) is 12.5 Å². The standard InChI is InChI=1S/C5H11ClN2O2/c6-2-1-4(3-9)8-5(7)10/h4,9H,1-3H2,(H3,7,8,10). The van der Waals surface area contributed by atoms with Gasteiger partial charge in [-0.2, -0.15) is 0 Å². The average molecular weight is 167 g/mol. The highest BCUT2D eigenvalue weighted by Crippen LogP contribution is 1.92. The van der Waals surface area contributed by atoms with Crippen molar-refractivity contribution in [3.63, 3.8) is 0 Å². The van der Waals surface area contributed by atoms with Crippen molar-refractivity contribution in [2.24, 2.45) is 5.73 Å². The van der Waals surface area contributed by atoms with Crippen LogP contribution in [-0.4, -0.2) is 29.7 Å². The molecule has 0 bridgehead atoms. The molecule has 0 radical (unpaired) electrons. The van der Waals surface area contributed by atoms with Gasteiger partial charge in [-0.1, -0.05) is 0 Å². The summed E-state index contributed by atoms with van der Waals surface area (Å²) in [5.41, 5.74) is 4.79. The predicted molar refractivity (Wildman–Crippen MR) is 38.9 cm³/mol. The van der Waals surface area contributed by atoms with Crippen molar-refractivity contribution in [1.82, 2.24) is 5.32 Å². The van der Waals surface area contributed by atoms with Crippen LogP contribution >= 0.6 is 11.6 Å². The first kappa shape index (κ1) is 9.52. The number of alkyl halides is 1. The monoisotopic (exact) mass is 166 g/mol. The Balaban J connectivity index is 3.49. The van der Waals surface area contributed by atoms with Crippen molar-refractivity contribution in [3.05, 3.63) is 0 Å². The Morgan fingerprint density at radius 1 is 1.80 bits per heavy atom. The number of primary amides is 1. The summed E-state index contributed by atoms with van der Waals surface area (Å²) in [5.74, 6) is 0.394. The van der Waals surface area contributed by atoms with E-state index in [0.717, 1.165) is 0 Å². The van der Waals surface area contributed by atoms with E-state index in [9.17, 15) is 4.79 Å². The number of aliphatic hydroxyl groups is 1. The molecule has 60 valence electrons. The maximum atomic E-state index is 10.2. The second-order valence-corrected chi connectivity index (χ2v) is 2.24. The molecule has 5 heteroatoms. The number of urea groups is 1. The smallest absolute Gasteiger partial charge is 0.312 e. The molecular weight excluding hydrogens is 156 g/mol. The lowest BCUT2D eigenvalue weighted by Crippen LogP contribution is -2.41. The van der Waals surface area contributed by atoms with Crippen molar-refractivity contribution in [3.8, 4) is 0 Å². The molecule has 4 N–H and O–H groups in total. The van der Waals surface area contributed by atoms with E-state index in [-0.39, 0.29) is 12.6 Å². The minimum absolute atomic E-state index is 0.129. The summed E-state index contributed by atoms with van der Waals surface area (Å²) in [6.45, 7) is -0.129. The van der Waals surface area contributed by atoms with Crippen LogP contribution in [0.5, 0.6) is 0 Å². The van der Waals surface area contributed by atoms with Gasteiger partial charge in [0, 0.05) is 5.88 Å². The number of hydrogen-bond donors (Lipinski definition) is 3. The molecule has 2 amide bonds. The van der Waals surface area contributed by atoms with Crippen LogP contribution in [0.25, 0.3) is 0 Å². The third kappa shape index (κ3) is 4.40. The molecule has 0 saturated carbocycles. The van der Waals surface area contributed by atoms with Crippen LogP contribution in [0.3, 0.4) is 0 Å². The number of rotatable bonds is 4. The number of carbonyl (C=O) groups is 1. The van der Waals surface area contributed by atoms with Gasteiger partial charge in [0.1, 0.15) is 0 Å². The van der Waals surface area contributed by atoms with Crippen molar-refractivity contribution in [1.29, 1.82) is 0 Å². The van der Waals surface area contributed by atoms with Gasteiger partial charge in [0.25, 0.3) is 0 Å². The molecule has 0 fully saturated rings. The zero-order valence-electron chi connectivity index (χ0n) is 5.51. The van der Waals surface area contributed by atoms with Crippen LogP contribution in [0.15, 0.2) is 0 Å². The van der Waals surface area contributed by atoms with Crippen LogP contribution in [0, 0.1) is 0 Å². The molecule has 0 aromatic heterocycles. The maximum absolute atomic E-state index is 10.2. The summed E-state index contributed by atoms with van der Waals surface area (Å²) >= 11 is 5.36. The molecule has 0 aliphatic heterocycles. The van der Waals surface area contributed by atoms with Crippen molar-refractivity contribution >= 4 is 17.6 Å². The fraction of sp³-hybridized carbons (Fsp3) is 0.800. The van der Waals surface area contributed by atoms with Gasteiger partial charge < -0.3 is 16.2 Å². The van der Waals surface area contributed by atoms with Crippen LogP contribution in [0.4, 0.5) is 4.79 Å². The van der Waals surface area contributed by atoms with E-state index >= 15 is 0 Å². The Morgan fingerprint density at radius 3 is 2.70 bits per heavy atom. The number of hydrogen-bond acceptors (Lipinski definition) is 2. The van der Waals surface area contributed by atoms with Crippen molar-refractivity contribution in [2.75, 3.05) is 12.5 Å². The largest absolute Gasteiger partial charge is 0.394 e. The molecule has 1 atom stereocenters. The molecule has 0 heterocycles. The molecule has 0 saturated heterocycles. The Labute approximate surface area is 64.3 Å². The Bertz CT molecular complexity index is 110. The maximum Gasteiger partial charge on any atom is 0.312 e. The predicted octanol–water partition coefficient (Wildman–Crippen LogP) is -0.356. The lowest BCUT2D eigenvalue weighted by molar-refractivity contribution is 0.220. The second-order valence-electron chi connectivity index (χ2n) is 1.87. The number of amides is 2. The van der Waals surface area contributed by atoms with E-state index in [0.29, 0.717) is 12.3 Å². The summed E-state index contributed by atoms with van der Waals surface area (Å²) in [6, 6.07) is -0.945. The van der Waals surface area contributed by atoms with E-state index in [1.807, 2.05) is 0 Å². The van der Waals surface area contributed by atoms with Crippen LogP contribution in [-0.2, 0) is 0 Å². The quantitative estimate of drug-likeness (QED) is 0.499. The fourth-order valence-corrected chi connectivity index (χ4v) is 0.805. The normalized spacial score (nSPS) is 12.6. The Kier molecular flexibility index (Phi) is 5.06. The van der Waals surface area contributed by atoms with Gasteiger partial charge >= 0.3 is 6.03 Å². The van der Waals surface area contributed by atoms with E-state index in [4.69, 9.17) is 22.4 Å². The molecule has 0 spiro atoms. The summed E-state index contributed by atoms with van der Waals surface area (Å²) in [6.07, 6.45) is 0.529. The highest BCUT2D eigenvalue weighted by atomic mass is 35.5. The zero-order valence-corrected chi connectivity index (χ0v) is 6.27. The van der Waals surface area contributed by atoms with Crippen molar-refractivity contribution < 1.29 is 9.90 Å². The van der Waals surface area contributed by atoms with Crippen LogP contribution < -0.4 is 11.1 Å². The first-order chi connectivity index (χ1) is 4.70. The fourth-order valence-electron chi connectivity index (χ4n) is 0.542. The highest BCUT2D eigenvalue weighted by Gasteiger charge is 2.06. The molecule has 0 rings (SSSR count). The first-order valence-electron chi connectivity index (χ1n) is 2.93. The molecule has 0 aliphatic rings. The topological polar surface area (TPSA) is 75.4 Å². The summed E-state index contributed by atoms with van der Waals surface area (Å²) in [4.78, 5) is 10.2. The highest BCUT2D eigenvalue weighted by molar-refractivity contribution is 6.17. The van der Waals surface area contributed by atoms with Gasteiger partial charge in [-0.05, 0) is 6.42 Å². The number of carbonyl (C=O) groups excluding carboxylic acids is 1. The zero-order chi connectivity index (χ0) is 7.98. The first-order valence-corrected chi connectivity index (χ1v) is 3.47. The summed E-state index contributed by atoms with van der Waals surface area (Å²) in [7, 11) is 0. The summed E-state index contributed by atoms with van der Waals surface area (Å²) < 4.78 is 0. The SMILES string of the molecule is NC(=O)NC(CO)CCCl. The van der Waals surface area contributed by atoms with Gasteiger partial charge in [0.15, 0.2) is 0 Å². The van der Waals surface area contributed by atoms with Gasteiger partial charge in [0.05, 0.1) is 12.6 Å². The Hall–Kier alpha value is -0.480. The van der Waals surface area contributed by atoms with Gasteiger partial charge in [-0.25, -0.2) is 4.79 Å². The average Bonchev–Trinajstić information content (AvgIpc) is 1.86. The number of halogens is 1. The molecule has 10 heavy (non-hydrogen) atoms. The Morgan fingerprint density at radius 2 is 2.40 bits per heavy atom. The summed E-state index contributed by atoms with van der Waals surface area (Å²) in [5, 5.41) is 10.9. The molecule has 0 aromatic rings. The second kappa shape index (κ2) is 5.32. The number of nitrogens with one attached hydrogen (secondary N) is 1.